The molecule has 2 aromatic rings. The van der Waals surface area contributed by atoms with Gasteiger partial charge in [0.05, 0.1) is 7.11 Å². The zero-order chi connectivity index (χ0) is 17.1. The Hall–Kier alpha value is -2.33. The number of piperazine rings is 1. The van der Waals surface area contributed by atoms with Gasteiger partial charge in [-0.1, -0.05) is 30.3 Å². The van der Waals surface area contributed by atoms with Crippen LogP contribution < -0.4 is 4.74 Å². The van der Waals surface area contributed by atoms with Crippen LogP contribution in [-0.2, 0) is 0 Å². The summed E-state index contributed by atoms with van der Waals surface area (Å²) in [4.78, 5) is 16.9. The molecular weight excluding hydrogens is 300 g/mol. The Morgan fingerprint density at radius 1 is 1.08 bits per heavy atom. The van der Waals surface area contributed by atoms with Gasteiger partial charge in [-0.15, -0.1) is 0 Å². The molecule has 1 atom stereocenters. The van der Waals surface area contributed by atoms with E-state index in [1.807, 2.05) is 53.4 Å². The monoisotopic (exact) mass is 324 g/mol. The van der Waals surface area contributed by atoms with E-state index < -0.39 is 0 Å². The molecule has 2 aromatic carbocycles. The molecule has 0 N–H and O–H groups in total. The zero-order valence-corrected chi connectivity index (χ0v) is 14.5. The summed E-state index contributed by atoms with van der Waals surface area (Å²) >= 11 is 0. The van der Waals surface area contributed by atoms with Crippen LogP contribution in [0.15, 0.2) is 48.5 Å². The first kappa shape index (κ1) is 16.5. The highest BCUT2D eigenvalue weighted by Crippen LogP contribution is 2.29. The third-order valence-corrected chi connectivity index (χ3v) is 4.80. The molecule has 126 valence electrons. The fraction of sp³-hybridized carbons (Fsp3) is 0.350. The molecule has 4 heteroatoms. The van der Waals surface area contributed by atoms with Gasteiger partial charge in [0.2, 0.25) is 0 Å². The summed E-state index contributed by atoms with van der Waals surface area (Å²) in [7, 11) is 3.78. The molecule has 1 fully saturated rings. The molecule has 4 nitrogen and oxygen atoms in total. The van der Waals surface area contributed by atoms with Gasteiger partial charge in [0.25, 0.3) is 5.91 Å². The number of hydrogen-bond acceptors (Lipinski definition) is 3. The van der Waals surface area contributed by atoms with Crippen molar-refractivity contribution in [1.82, 2.24) is 9.80 Å². The van der Waals surface area contributed by atoms with Crippen LogP contribution in [0.1, 0.15) is 17.3 Å². The molecule has 0 aromatic heterocycles. The van der Waals surface area contributed by atoms with E-state index in [1.165, 1.54) is 0 Å². The number of para-hydroxylation sites is 1. The van der Waals surface area contributed by atoms with E-state index in [4.69, 9.17) is 4.74 Å². The van der Waals surface area contributed by atoms with Crippen LogP contribution in [0, 0.1) is 0 Å². The second-order valence-corrected chi connectivity index (χ2v) is 6.36. The Morgan fingerprint density at radius 3 is 2.46 bits per heavy atom. The lowest BCUT2D eigenvalue weighted by Crippen LogP contribution is -2.52. The maximum absolute atomic E-state index is 12.7. The highest BCUT2D eigenvalue weighted by Gasteiger charge is 2.25. The standard InChI is InChI=1S/C20H24N2O2/c1-15-14-22(13-12-21(15)2)20(23)17-10-8-16(9-11-17)18-6-4-5-7-19(18)24-3/h4-11,15H,12-14H2,1-3H3/t15-/m0/s1. The van der Waals surface area contributed by atoms with Crippen LogP contribution in [-0.4, -0.2) is 55.5 Å². The van der Waals surface area contributed by atoms with Crippen molar-refractivity contribution in [2.75, 3.05) is 33.8 Å². The van der Waals surface area contributed by atoms with Crippen LogP contribution in [0.25, 0.3) is 11.1 Å². The molecule has 0 unspecified atom stereocenters. The summed E-state index contributed by atoms with van der Waals surface area (Å²) in [6, 6.07) is 16.1. The van der Waals surface area contributed by atoms with E-state index in [0.29, 0.717) is 6.04 Å². The fourth-order valence-electron chi connectivity index (χ4n) is 3.09. The summed E-state index contributed by atoms with van der Waals surface area (Å²) < 4.78 is 5.41. The van der Waals surface area contributed by atoms with Crippen molar-refractivity contribution in [1.29, 1.82) is 0 Å². The third-order valence-electron chi connectivity index (χ3n) is 4.80. The van der Waals surface area contributed by atoms with Gasteiger partial charge >= 0.3 is 0 Å². The molecule has 0 radical (unpaired) electrons. The number of carbonyl (C=O) groups excluding carboxylic acids is 1. The lowest BCUT2D eigenvalue weighted by atomic mass is 10.0. The average molecular weight is 324 g/mol. The number of likely N-dealkylation sites (N-methyl/N-ethyl adjacent to an activating group) is 1. The molecule has 1 amide bonds. The van der Waals surface area contributed by atoms with Crippen LogP contribution in [0.5, 0.6) is 5.75 Å². The molecule has 1 aliphatic rings. The predicted octanol–water partition coefficient (Wildman–Crippen LogP) is 3.14. The molecule has 0 saturated carbocycles. The summed E-state index contributed by atoms with van der Waals surface area (Å²) in [5, 5.41) is 0. The fourth-order valence-corrected chi connectivity index (χ4v) is 3.09. The smallest absolute Gasteiger partial charge is 0.253 e. The van der Waals surface area contributed by atoms with E-state index in [-0.39, 0.29) is 5.91 Å². The van der Waals surface area contributed by atoms with Crippen LogP contribution in [0.2, 0.25) is 0 Å². The van der Waals surface area contributed by atoms with Gasteiger partial charge in [-0.2, -0.15) is 0 Å². The maximum Gasteiger partial charge on any atom is 0.253 e. The first-order valence-corrected chi connectivity index (χ1v) is 8.33. The molecule has 3 rings (SSSR count). The normalized spacial score (nSPS) is 18.5. The van der Waals surface area contributed by atoms with Gasteiger partial charge in [0, 0.05) is 36.8 Å². The van der Waals surface area contributed by atoms with E-state index in [2.05, 4.69) is 18.9 Å². The second-order valence-electron chi connectivity index (χ2n) is 6.36. The first-order chi connectivity index (χ1) is 11.6. The van der Waals surface area contributed by atoms with Gasteiger partial charge in [-0.3, -0.25) is 4.79 Å². The third kappa shape index (κ3) is 3.29. The molecule has 1 aliphatic heterocycles. The van der Waals surface area contributed by atoms with Gasteiger partial charge in [-0.25, -0.2) is 0 Å². The van der Waals surface area contributed by atoms with Crippen LogP contribution in [0.4, 0.5) is 0 Å². The number of benzene rings is 2. The minimum atomic E-state index is 0.113. The number of methoxy groups -OCH3 is 1. The Kier molecular flexibility index (Phi) is 4.86. The number of amides is 1. The van der Waals surface area contributed by atoms with Crippen molar-refractivity contribution in [2.24, 2.45) is 0 Å². The van der Waals surface area contributed by atoms with Crippen molar-refractivity contribution in [3.63, 3.8) is 0 Å². The van der Waals surface area contributed by atoms with Crippen molar-refractivity contribution >= 4 is 5.91 Å². The largest absolute Gasteiger partial charge is 0.496 e. The number of ether oxygens (including phenoxy) is 1. The number of rotatable bonds is 3. The average Bonchev–Trinajstić information content (AvgIpc) is 2.63. The molecule has 0 aliphatic carbocycles. The molecule has 0 spiro atoms. The van der Waals surface area contributed by atoms with Gasteiger partial charge in [0.15, 0.2) is 0 Å². The van der Waals surface area contributed by atoms with Crippen molar-refractivity contribution in [3.05, 3.63) is 54.1 Å². The summed E-state index contributed by atoms with van der Waals surface area (Å²) in [5.41, 5.74) is 2.83. The van der Waals surface area contributed by atoms with Gasteiger partial charge < -0.3 is 14.5 Å². The molecule has 24 heavy (non-hydrogen) atoms. The van der Waals surface area contributed by atoms with Gasteiger partial charge in [-0.05, 0) is 37.7 Å². The van der Waals surface area contributed by atoms with Crippen molar-refractivity contribution in [2.45, 2.75) is 13.0 Å². The zero-order valence-electron chi connectivity index (χ0n) is 14.5. The maximum atomic E-state index is 12.7. The number of nitrogens with zero attached hydrogens (tertiary/aromatic N) is 2. The minimum Gasteiger partial charge on any atom is -0.496 e. The highest BCUT2D eigenvalue weighted by molar-refractivity contribution is 5.95. The Balaban J connectivity index is 1.78. The number of carbonyl (C=O) groups is 1. The molecule has 1 saturated heterocycles. The lowest BCUT2D eigenvalue weighted by Gasteiger charge is -2.37. The van der Waals surface area contributed by atoms with Crippen LogP contribution in [0.3, 0.4) is 0 Å². The Morgan fingerprint density at radius 2 is 1.79 bits per heavy atom. The van der Waals surface area contributed by atoms with Gasteiger partial charge in [0.1, 0.15) is 5.75 Å². The SMILES string of the molecule is COc1ccccc1-c1ccc(C(=O)N2CCN(C)[C@@H](C)C2)cc1. The topological polar surface area (TPSA) is 32.8 Å². The molecule has 0 bridgehead atoms. The van der Waals surface area contributed by atoms with Crippen molar-refractivity contribution in [3.8, 4) is 16.9 Å². The van der Waals surface area contributed by atoms with E-state index >= 15 is 0 Å². The quantitative estimate of drug-likeness (QED) is 0.869. The molecule has 1 heterocycles. The summed E-state index contributed by atoms with van der Waals surface area (Å²) in [6.45, 7) is 4.65. The van der Waals surface area contributed by atoms with Crippen LogP contribution >= 0.6 is 0 Å². The number of hydrogen-bond donors (Lipinski definition) is 0. The summed E-state index contributed by atoms with van der Waals surface area (Å²) in [6.07, 6.45) is 0. The lowest BCUT2D eigenvalue weighted by molar-refractivity contribution is 0.0572. The Labute approximate surface area is 143 Å². The molecular formula is C20H24N2O2. The predicted molar refractivity (Wildman–Crippen MR) is 96.4 cm³/mol. The highest BCUT2D eigenvalue weighted by atomic mass is 16.5. The second kappa shape index (κ2) is 7.05. The summed E-state index contributed by atoms with van der Waals surface area (Å²) in [5.74, 6) is 0.950. The minimum absolute atomic E-state index is 0.113. The van der Waals surface area contributed by atoms with E-state index in [1.54, 1.807) is 7.11 Å². The van der Waals surface area contributed by atoms with E-state index in [0.717, 1.165) is 42.1 Å². The van der Waals surface area contributed by atoms with E-state index in [9.17, 15) is 4.79 Å². The van der Waals surface area contributed by atoms with Crippen molar-refractivity contribution < 1.29 is 9.53 Å². The Bertz CT molecular complexity index is 712. The first-order valence-electron chi connectivity index (χ1n) is 8.33.